The third kappa shape index (κ3) is 5.77. The highest BCUT2D eigenvalue weighted by Gasteiger charge is 2.09. The number of ether oxygens (including phenoxy) is 2. The van der Waals surface area contributed by atoms with Gasteiger partial charge in [0.2, 0.25) is 0 Å². The molecule has 0 heterocycles. The summed E-state index contributed by atoms with van der Waals surface area (Å²) in [6.07, 6.45) is 2.17. The monoisotopic (exact) mass is 265 g/mol. The fourth-order valence-electron chi connectivity index (χ4n) is 1.65. The van der Waals surface area contributed by atoms with E-state index in [0.717, 1.165) is 6.42 Å². The molecule has 1 aromatic carbocycles. The summed E-state index contributed by atoms with van der Waals surface area (Å²) in [5.74, 6) is 1.31. The first-order valence-electron chi connectivity index (χ1n) is 6.45. The predicted octanol–water partition coefficient (Wildman–Crippen LogP) is 1.99. The van der Waals surface area contributed by atoms with E-state index in [9.17, 15) is 5.11 Å². The number of methoxy groups -OCH3 is 1. The second-order valence-electron chi connectivity index (χ2n) is 4.45. The first kappa shape index (κ1) is 15.5. The van der Waals surface area contributed by atoms with Crippen LogP contribution in [-0.4, -0.2) is 37.5 Å². The molecular formula is C15H23NO3. The topological polar surface area (TPSA) is 50.7 Å². The molecule has 0 aliphatic carbocycles. The van der Waals surface area contributed by atoms with Crippen molar-refractivity contribution < 1.29 is 14.6 Å². The molecule has 0 saturated carbocycles. The van der Waals surface area contributed by atoms with Crippen LogP contribution < -0.4 is 14.8 Å². The molecule has 0 aliphatic rings. The van der Waals surface area contributed by atoms with Crippen molar-refractivity contribution in [3.05, 3.63) is 36.9 Å². The van der Waals surface area contributed by atoms with Gasteiger partial charge in [0, 0.05) is 12.6 Å². The molecule has 4 nitrogen and oxygen atoms in total. The second-order valence-corrected chi connectivity index (χ2v) is 4.45. The lowest BCUT2D eigenvalue weighted by Crippen LogP contribution is -2.36. The zero-order chi connectivity index (χ0) is 14.1. The van der Waals surface area contributed by atoms with Crippen LogP contribution >= 0.6 is 0 Å². The van der Waals surface area contributed by atoms with Gasteiger partial charge in [0.1, 0.15) is 12.7 Å². The molecule has 0 saturated heterocycles. The second kappa shape index (κ2) is 8.56. The van der Waals surface area contributed by atoms with Crippen molar-refractivity contribution in [1.82, 2.24) is 5.32 Å². The molecule has 2 N–H and O–H groups in total. The Kier molecular flexibility index (Phi) is 7.00. The van der Waals surface area contributed by atoms with Crippen molar-refractivity contribution in [2.24, 2.45) is 0 Å². The van der Waals surface area contributed by atoms with Crippen LogP contribution in [0.15, 0.2) is 36.9 Å². The highest BCUT2D eigenvalue weighted by Crippen LogP contribution is 2.25. The molecular weight excluding hydrogens is 242 g/mol. The zero-order valence-corrected chi connectivity index (χ0v) is 11.6. The van der Waals surface area contributed by atoms with Crippen LogP contribution in [0.2, 0.25) is 0 Å². The van der Waals surface area contributed by atoms with E-state index in [1.165, 1.54) is 0 Å². The molecule has 1 rings (SSSR count). The molecule has 106 valence electrons. The quantitative estimate of drug-likeness (QED) is 0.670. The Morgan fingerprint density at radius 1 is 1.37 bits per heavy atom. The number of hydrogen-bond acceptors (Lipinski definition) is 4. The first-order chi connectivity index (χ1) is 9.17. The van der Waals surface area contributed by atoms with Gasteiger partial charge in [-0.1, -0.05) is 18.2 Å². The maximum atomic E-state index is 9.84. The predicted molar refractivity (Wildman–Crippen MR) is 76.8 cm³/mol. The number of nitrogens with one attached hydrogen (secondary N) is 1. The standard InChI is InChI=1S/C15H23NO3/c1-4-7-12(2)16-10-13(17)11-19-15-9-6-5-8-14(15)18-3/h4-6,8-9,12-13,16-17H,1,7,10-11H2,2-3H3. The van der Waals surface area contributed by atoms with Crippen LogP contribution in [0.1, 0.15) is 13.3 Å². The Labute approximate surface area is 115 Å². The molecule has 0 fully saturated rings. The average Bonchev–Trinajstić information content (AvgIpc) is 2.43. The van der Waals surface area contributed by atoms with E-state index in [1.54, 1.807) is 7.11 Å². The number of para-hydroxylation sites is 2. The number of hydrogen-bond donors (Lipinski definition) is 2. The highest BCUT2D eigenvalue weighted by molar-refractivity contribution is 5.39. The SMILES string of the molecule is C=CCC(C)NCC(O)COc1ccccc1OC. The smallest absolute Gasteiger partial charge is 0.161 e. The molecule has 2 atom stereocenters. The summed E-state index contributed by atoms with van der Waals surface area (Å²) in [5.41, 5.74) is 0. The molecule has 0 radical (unpaired) electrons. The van der Waals surface area contributed by atoms with Gasteiger partial charge in [-0.05, 0) is 25.5 Å². The van der Waals surface area contributed by atoms with E-state index in [1.807, 2.05) is 30.3 Å². The Morgan fingerprint density at radius 3 is 2.68 bits per heavy atom. The molecule has 0 amide bonds. The Morgan fingerprint density at radius 2 is 2.05 bits per heavy atom. The molecule has 2 unspecified atom stereocenters. The molecule has 19 heavy (non-hydrogen) atoms. The van der Waals surface area contributed by atoms with Gasteiger partial charge < -0.3 is 19.9 Å². The minimum absolute atomic E-state index is 0.230. The van der Waals surface area contributed by atoms with Gasteiger partial charge in [-0.25, -0.2) is 0 Å². The lowest BCUT2D eigenvalue weighted by atomic mass is 10.2. The lowest BCUT2D eigenvalue weighted by Gasteiger charge is -2.17. The minimum Gasteiger partial charge on any atom is -0.493 e. The van der Waals surface area contributed by atoms with E-state index >= 15 is 0 Å². The number of benzene rings is 1. The molecule has 0 bridgehead atoms. The Bertz CT molecular complexity index is 381. The summed E-state index contributed by atoms with van der Waals surface area (Å²) in [6, 6.07) is 7.69. The van der Waals surface area contributed by atoms with Crippen molar-refractivity contribution in [2.75, 3.05) is 20.3 Å². The Balaban J connectivity index is 2.33. The van der Waals surface area contributed by atoms with Crippen LogP contribution in [0.4, 0.5) is 0 Å². The van der Waals surface area contributed by atoms with Gasteiger partial charge in [0.05, 0.1) is 7.11 Å². The van der Waals surface area contributed by atoms with Crippen LogP contribution in [-0.2, 0) is 0 Å². The number of rotatable bonds is 9. The van der Waals surface area contributed by atoms with Gasteiger partial charge in [-0.15, -0.1) is 6.58 Å². The van der Waals surface area contributed by atoms with E-state index in [2.05, 4.69) is 18.8 Å². The number of aliphatic hydroxyl groups is 1. The summed E-state index contributed by atoms with van der Waals surface area (Å²) < 4.78 is 10.7. The van der Waals surface area contributed by atoms with Gasteiger partial charge in [0.25, 0.3) is 0 Å². The Hall–Kier alpha value is -1.52. The normalized spacial score (nSPS) is 13.6. The zero-order valence-electron chi connectivity index (χ0n) is 11.6. The van der Waals surface area contributed by atoms with Crippen molar-refractivity contribution in [2.45, 2.75) is 25.5 Å². The van der Waals surface area contributed by atoms with Gasteiger partial charge >= 0.3 is 0 Å². The number of aliphatic hydroxyl groups excluding tert-OH is 1. The molecule has 1 aromatic rings. The van der Waals surface area contributed by atoms with Crippen LogP contribution in [0.25, 0.3) is 0 Å². The van der Waals surface area contributed by atoms with Crippen molar-refractivity contribution in [3.8, 4) is 11.5 Å². The fraction of sp³-hybridized carbons (Fsp3) is 0.467. The van der Waals surface area contributed by atoms with Crippen molar-refractivity contribution in [3.63, 3.8) is 0 Å². The van der Waals surface area contributed by atoms with Crippen molar-refractivity contribution in [1.29, 1.82) is 0 Å². The molecule has 0 aliphatic heterocycles. The minimum atomic E-state index is -0.558. The summed E-state index contributed by atoms with van der Waals surface area (Å²) in [6.45, 7) is 6.45. The maximum absolute atomic E-state index is 9.84. The average molecular weight is 265 g/mol. The largest absolute Gasteiger partial charge is 0.493 e. The lowest BCUT2D eigenvalue weighted by molar-refractivity contribution is 0.102. The third-order valence-electron chi connectivity index (χ3n) is 2.72. The fourth-order valence-corrected chi connectivity index (χ4v) is 1.65. The van der Waals surface area contributed by atoms with Crippen LogP contribution in [0, 0.1) is 0 Å². The van der Waals surface area contributed by atoms with E-state index < -0.39 is 6.10 Å². The van der Waals surface area contributed by atoms with E-state index in [-0.39, 0.29) is 6.61 Å². The summed E-state index contributed by atoms with van der Waals surface area (Å²) >= 11 is 0. The molecule has 0 spiro atoms. The summed E-state index contributed by atoms with van der Waals surface area (Å²) in [7, 11) is 1.59. The van der Waals surface area contributed by atoms with Crippen molar-refractivity contribution >= 4 is 0 Å². The highest BCUT2D eigenvalue weighted by atomic mass is 16.5. The van der Waals surface area contributed by atoms with Gasteiger partial charge in [0.15, 0.2) is 11.5 Å². The van der Waals surface area contributed by atoms with Crippen LogP contribution in [0.3, 0.4) is 0 Å². The molecule has 0 aromatic heterocycles. The van der Waals surface area contributed by atoms with Crippen LogP contribution in [0.5, 0.6) is 11.5 Å². The van der Waals surface area contributed by atoms with E-state index in [4.69, 9.17) is 9.47 Å². The summed E-state index contributed by atoms with van der Waals surface area (Å²) in [5, 5.41) is 13.1. The third-order valence-corrected chi connectivity index (χ3v) is 2.72. The van der Waals surface area contributed by atoms with Gasteiger partial charge in [-0.3, -0.25) is 0 Å². The first-order valence-corrected chi connectivity index (χ1v) is 6.45. The van der Waals surface area contributed by atoms with E-state index in [0.29, 0.717) is 24.1 Å². The maximum Gasteiger partial charge on any atom is 0.161 e. The van der Waals surface area contributed by atoms with Gasteiger partial charge in [-0.2, -0.15) is 0 Å². The molecule has 4 heteroatoms. The summed E-state index contributed by atoms with van der Waals surface area (Å²) in [4.78, 5) is 0.